The van der Waals surface area contributed by atoms with Crippen LogP contribution in [0, 0.1) is 0 Å². The van der Waals surface area contributed by atoms with Gasteiger partial charge in [0.05, 0.1) is 5.52 Å². The van der Waals surface area contributed by atoms with E-state index in [2.05, 4.69) is 56.4 Å². The second kappa shape index (κ2) is 7.11. The third kappa shape index (κ3) is 3.48. The lowest BCUT2D eigenvalue weighted by molar-refractivity contribution is 0.837. The van der Waals surface area contributed by atoms with Gasteiger partial charge >= 0.3 is 0 Å². The predicted octanol–water partition coefficient (Wildman–Crippen LogP) is 5.61. The highest BCUT2D eigenvalue weighted by Crippen LogP contribution is 2.27. The number of aromatic nitrogens is 3. The fourth-order valence-electron chi connectivity index (χ4n) is 3.56. The minimum absolute atomic E-state index is 0.684. The lowest BCUT2D eigenvalue weighted by atomic mass is 10.2. The minimum Gasteiger partial charge on any atom is -0.399 e. The van der Waals surface area contributed by atoms with E-state index < -0.39 is 0 Å². The van der Waals surface area contributed by atoms with Crippen LogP contribution in [-0.4, -0.2) is 14.5 Å². The van der Waals surface area contributed by atoms with Crippen LogP contribution >= 0.6 is 11.6 Å². The van der Waals surface area contributed by atoms with E-state index in [0.29, 0.717) is 5.69 Å². The predicted molar refractivity (Wildman–Crippen MR) is 120 cm³/mol. The molecule has 5 aromatic rings. The van der Waals surface area contributed by atoms with Crippen LogP contribution in [0.1, 0.15) is 5.56 Å². The van der Waals surface area contributed by atoms with Gasteiger partial charge in [-0.25, -0.2) is 9.97 Å². The molecule has 0 spiro atoms. The SMILES string of the molecule is Nc1ccc2ncnc(Nc3ccc4c(ccn4Cc4cccc(Cl)c4)c3)c2c1. The van der Waals surface area contributed by atoms with Crippen LogP contribution in [0.15, 0.2) is 79.3 Å². The number of nitrogens with two attached hydrogens (primary N) is 1. The Morgan fingerprint density at radius 3 is 2.79 bits per heavy atom. The van der Waals surface area contributed by atoms with Crippen molar-refractivity contribution in [3.05, 3.63) is 89.8 Å². The highest BCUT2D eigenvalue weighted by Gasteiger charge is 2.07. The number of anilines is 3. The molecule has 0 amide bonds. The van der Waals surface area contributed by atoms with Gasteiger partial charge in [0.2, 0.25) is 0 Å². The van der Waals surface area contributed by atoms with E-state index in [0.717, 1.165) is 44.9 Å². The summed E-state index contributed by atoms with van der Waals surface area (Å²) in [5, 5.41) is 6.19. The molecular weight excluding hydrogens is 382 g/mol. The van der Waals surface area contributed by atoms with E-state index in [4.69, 9.17) is 17.3 Å². The van der Waals surface area contributed by atoms with Crippen molar-refractivity contribution in [2.75, 3.05) is 11.1 Å². The highest BCUT2D eigenvalue weighted by molar-refractivity contribution is 6.30. The van der Waals surface area contributed by atoms with Crippen LogP contribution in [-0.2, 0) is 6.54 Å². The van der Waals surface area contributed by atoms with Gasteiger partial charge in [0, 0.05) is 45.4 Å². The van der Waals surface area contributed by atoms with Crippen molar-refractivity contribution < 1.29 is 0 Å². The molecule has 5 nitrogen and oxygen atoms in total. The molecule has 142 valence electrons. The number of halogens is 1. The lowest BCUT2D eigenvalue weighted by Crippen LogP contribution is -1.99. The summed E-state index contributed by atoms with van der Waals surface area (Å²) >= 11 is 6.12. The molecule has 0 radical (unpaired) electrons. The van der Waals surface area contributed by atoms with Crippen LogP contribution < -0.4 is 11.1 Å². The molecule has 5 rings (SSSR count). The maximum atomic E-state index is 6.12. The van der Waals surface area contributed by atoms with E-state index in [-0.39, 0.29) is 0 Å². The summed E-state index contributed by atoms with van der Waals surface area (Å²) in [6.07, 6.45) is 3.65. The lowest BCUT2D eigenvalue weighted by Gasteiger charge is -2.10. The molecule has 0 aliphatic heterocycles. The van der Waals surface area contributed by atoms with Gasteiger partial charge < -0.3 is 15.6 Å². The van der Waals surface area contributed by atoms with E-state index in [9.17, 15) is 0 Å². The Morgan fingerprint density at radius 1 is 0.966 bits per heavy atom. The minimum atomic E-state index is 0.684. The Hall–Kier alpha value is -3.57. The number of benzene rings is 3. The number of nitrogen functional groups attached to an aromatic ring is 1. The van der Waals surface area contributed by atoms with E-state index in [1.807, 2.05) is 36.4 Å². The summed E-state index contributed by atoms with van der Waals surface area (Å²) in [4.78, 5) is 8.70. The van der Waals surface area contributed by atoms with Crippen molar-refractivity contribution >= 4 is 50.6 Å². The van der Waals surface area contributed by atoms with E-state index >= 15 is 0 Å². The third-order valence-corrected chi connectivity index (χ3v) is 5.17. The molecule has 6 heteroatoms. The maximum Gasteiger partial charge on any atom is 0.141 e. The summed E-state index contributed by atoms with van der Waals surface area (Å²) in [6.45, 7) is 0.770. The van der Waals surface area contributed by atoms with Gasteiger partial charge in [0.15, 0.2) is 0 Å². The number of nitrogens with one attached hydrogen (secondary N) is 1. The second-order valence-electron chi connectivity index (χ2n) is 6.97. The molecule has 0 saturated heterocycles. The molecule has 2 heterocycles. The molecule has 3 aromatic carbocycles. The Morgan fingerprint density at radius 2 is 1.90 bits per heavy atom. The first kappa shape index (κ1) is 17.5. The molecule has 0 fully saturated rings. The quantitative estimate of drug-likeness (QED) is 0.385. The van der Waals surface area contributed by atoms with Gasteiger partial charge in [0.25, 0.3) is 0 Å². The van der Waals surface area contributed by atoms with Gasteiger partial charge in [-0.2, -0.15) is 0 Å². The topological polar surface area (TPSA) is 68.8 Å². The smallest absolute Gasteiger partial charge is 0.141 e. The van der Waals surface area contributed by atoms with Gasteiger partial charge in [-0.15, -0.1) is 0 Å². The Kier molecular flexibility index (Phi) is 4.30. The fraction of sp³-hybridized carbons (Fsp3) is 0.0435. The van der Waals surface area contributed by atoms with E-state index in [1.165, 1.54) is 5.56 Å². The molecule has 0 aliphatic rings. The zero-order valence-electron chi connectivity index (χ0n) is 15.5. The molecule has 0 unspecified atom stereocenters. The van der Waals surface area contributed by atoms with Gasteiger partial charge in [-0.3, -0.25) is 0 Å². The number of fused-ring (bicyclic) bond motifs is 2. The standard InChI is InChI=1S/C23H18ClN5/c24-17-3-1-2-15(10-17)13-29-9-8-16-11-19(5-7-22(16)29)28-23-20-12-18(25)4-6-21(20)26-14-27-23/h1-12,14H,13,25H2,(H,26,27,28). The van der Waals surface area contributed by atoms with Gasteiger partial charge in [-0.1, -0.05) is 23.7 Å². The zero-order chi connectivity index (χ0) is 19.8. The average Bonchev–Trinajstić information content (AvgIpc) is 3.10. The monoisotopic (exact) mass is 399 g/mol. The van der Waals surface area contributed by atoms with Crippen molar-refractivity contribution in [1.29, 1.82) is 0 Å². The fourth-order valence-corrected chi connectivity index (χ4v) is 3.77. The molecule has 0 bridgehead atoms. The molecule has 0 saturated carbocycles. The molecular formula is C23H18ClN5. The van der Waals surface area contributed by atoms with Crippen LogP contribution in [0.5, 0.6) is 0 Å². The van der Waals surface area contributed by atoms with Crippen molar-refractivity contribution in [2.24, 2.45) is 0 Å². The largest absolute Gasteiger partial charge is 0.399 e. The van der Waals surface area contributed by atoms with Crippen LogP contribution in [0.2, 0.25) is 5.02 Å². The van der Waals surface area contributed by atoms with Crippen molar-refractivity contribution in [1.82, 2.24) is 14.5 Å². The number of rotatable bonds is 4. The summed E-state index contributed by atoms with van der Waals surface area (Å²) in [5.74, 6) is 0.736. The summed E-state index contributed by atoms with van der Waals surface area (Å²) in [6, 6.07) is 22.0. The summed E-state index contributed by atoms with van der Waals surface area (Å²) < 4.78 is 2.21. The first-order chi connectivity index (χ1) is 14.2. The number of hydrogen-bond acceptors (Lipinski definition) is 4. The maximum absolute atomic E-state index is 6.12. The highest BCUT2D eigenvalue weighted by atomic mass is 35.5. The molecule has 29 heavy (non-hydrogen) atoms. The third-order valence-electron chi connectivity index (χ3n) is 4.94. The Labute approximate surface area is 172 Å². The van der Waals surface area contributed by atoms with Crippen molar-refractivity contribution in [3.63, 3.8) is 0 Å². The number of nitrogens with zero attached hydrogens (tertiary/aromatic N) is 3. The number of hydrogen-bond donors (Lipinski definition) is 2. The first-order valence-corrected chi connectivity index (χ1v) is 9.64. The average molecular weight is 400 g/mol. The van der Waals surface area contributed by atoms with Crippen LogP contribution in [0.4, 0.5) is 17.2 Å². The first-order valence-electron chi connectivity index (χ1n) is 9.26. The Balaban J connectivity index is 1.46. The van der Waals surface area contributed by atoms with Gasteiger partial charge in [-0.05, 0) is 60.2 Å². The van der Waals surface area contributed by atoms with Crippen molar-refractivity contribution in [2.45, 2.75) is 6.54 Å². The second-order valence-corrected chi connectivity index (χ2v) is 7.41. The van der Waals surface area contributed by atoms with Crippen molar-refractivity contribution in [3.8, 4) is 0 Å². The zero-order valence-corrected chi connectivity index (χ0v) is 16.3. The molecule has 3 N–H and O–H groups in total. The normalized spacial score (nSPS) is 11.2. The van der Waals surface area contributed by atoms with Crippen LogP contribution in [0.25, 0.3) is 21.8 Å². The molecule has 2 aromatic heterocycles. The Bertz CT molecular complexity index is 1340. The van der Waals surface area contributed by atoms with E-state index in [1.54, 1.807) is 6.33 Å². The summed E-state index contributed by atoms with van der Waals surface area (Å²) in [7, 11) is 0. The molecule has 0 atom stereocenters. The molecule has 0 aliphatic carbocycles. The van der Waals surface area contributed by atoms with Gasteiger partial charge in [0.1, 0.15) is 12.1 Å². The van der Waals surface area contributed by atoms with Crippen LogP contribution in [0.3, 0.4) is 0 Å². The summed E-state index contributed by atoms with van der Waals surface area (Å²) in [5.41, 5.74) is 10.8.